The van der Waals surface area contributed by atoms with Crippen molar-refractivity contribution in [1.29, 1.82) is 0 Å². The molecule has 1 atom stereocenters. The Hall–Kier alpha value is -1.41. The van der Waals surface area contributed by atoms with E-state index in [1.54, 1.807) is 0 Å². The molecule has 0 aliphatic heterocycles. The van der Waals surface area contributed by atoms with Crippen molar-refractivity contribution in [3.05, 3.63) is 52.5 Å². The largest absolute Gasteiger partial charge is 0.494 e. The highest BCUT2D eigenvalue weighted by atomic mass is 35.5. The third-order valence-electron chi connectivity index (χ3n) is 3.35. The summed E-state index contributed by atoms with van der Waals surface area (Å²) in [6.45, 7) is 8.61. The van der Waals surface area contributed by atoms with Crippen molar-refractivity contribution in [2.45, 2.75) is 33.1 Å². The highest BCUT2D eigenvalue weighted by molar-refractivity contribution is 6.22. The van der Waals surface area contributed by atoms with Gasteiger partial charge in [0.15, 0.2) is 0 Å². The molecule has 1 aromatic heterocycles. The van der Waals surface area contributed by atoms with E-state index in [1.165, 1.54) is 0 Å². The van der Waals surface area contributed by atoms with Crippen LogP contribution < -0.4 is 4.74 Å². The minimum absolute atomic E-state index is 0.187. The topological polar surface area (TPSA) is 22.4 Å². The first kappa shape index (κ1) is 14.0. The SMILES string of the molecule is CCOc1ccc(C(Cl)c2c(C)oc(C)c2C)cc1. The molecule has 0 radical (unpaired) electrons. The predicted molar refractivity (Wildman–Crippen MR) is 78.2 cm³/mol. The lowest BCUT2D eigenvalue weighted by molar-refractivity contribution is 0.340. The molecule has 1 aromatic carbocycles. The lowest BCUT2D eigenvalue weighted by Crippen LogP contribution is -1.97. The van der Waals surface area contributed by atoms with Crippen LogP contribution in [0.2, 0.25) is 0 Å². The number of halogens is 1. The number of rotatable bonds is 4. The first-order chi connectivity index (χ1) is 9.04. The minimum Gasteiger partial charge on any atom is -0.494 e. The van der Waals surface area contributed by atoms with Crippen LogP contribution in [0.15, 0.2) is 28.7 Å². The average molecular weight is 279 g/mol. The average Bonchev–Trinajstić information content (AvgIpc) is 2.64. The molecule has 0 amide bonds. The summed E-state index contributed by atoms with van der Waals surface area (Å²) < 4.78 is 11.1. The zero-order valence-corrected chi connectivity index (χ0v) is 12.5. The number of aryl methyl sites for hydroxylation is 2. The Morgan fingerprint density at radius 1 is 1.11 bits per heavy atom. The Morgan fingerprint density at radius 3 is 2.21 bits per heavy atom. The lowest BCUT2D eigenvalue weighted by Gasteiger charge is -2.11. The molecule has 0 bridgehead atoms. The standard InChI is InChI=1S/C16H19ClO2/c1-5-18-14-8-6-13(7-9-14)16(17)15-10(2)11(3)19-12(15)4/h6-9,16H,5H2,1-4H3. The van der Waals surface area contributed by atoms with Crippen LogP contribution in [-0.2, 0) is 0 Å². The fourth-order valence-corrected chi connectivity index (χ4v) is 2.71. The van der Waals surface area contributed by atoms with Gasteiger partial charge >= 0.3 is 0 Å². The van der Waals surface area contributed by atoms with Gasteiger partial charge in [-0.2, -0.15) is 0 Å². The van der Waals surface area contributed by atoms with Crippen molar-refractivity contribution in [1.82, 2.24) is 0 Å². The summed E-state index contributed by atoms with van der Waals surface area (Å²) in [5.41, 5.74) is 3.26. The number of benzene rings is 1. The molecule has 0 N–H and O–H groups in total. The van der Waals surface area contributed by atoms with Gasteiger partial charge < -0.3 is 9.15 Å². The molecule has 0 fully saturated rings. The minimum atomic E-state index is -0.187. The zero-order valence-electron chi connectivity index (χ0n) is 11.8. The van der Waals surface area contributed by atoms with E-state index in [0.29, 0.717) is 6.61 Å². The first-order valence-electron chi connectivity index (χ1n) is 6.48. The van der Waals surface area contributed by atoms with Crippen LogP contribution in [0.5, 0.6) is 5.75 Å². The van der Waals surface area contributed by atoms with Crippen LogP contribution in [-0.4, -0.2) is 6.61 Å². The van der Waals surface area contributed by atoms with Crippen LogP contribution in [0.4, 0.5) is 0 Å². The second-order valence-electron chi connectivity index (χ2n) is 4.62. The summed E-state index contributed by atoms with van der Waals surface area (Å²) in [6.07, 6.45) is 0. The second kappa shape index (κ2) is 5.70. The van der Waals surface area contributed by atoms with Crippen molar-refractivity contribution < 1.29 is 9.15 Å². The Bertz CT molecular complexity index is 555. The van der Waals surface area contributed by atoms with E-state index >= 15 is 0 Å². The number of ether oxygens (including phenoxy) is 1. The van der Waals surface area contributed by atoms with Crippen molar-refractivity contribution in [2.24, 2.45) is 0 Å². The first-order valence-corrected chi connectivity index (χ1v) is 6.91. The van der Waals surface area contributed by atoms with Crippen LogP contribution >= 0.6 is 11.6 Å². The van der Waals surface area contributed by atoms with Gasteiger partial charge in [0.1, 0.15) is 17.3 Å². The van der Waals surface area contributed by atoms with E-state index in [1.807, 2.05) is 52.0 Å². The molecule has 2 rings (SSSR count). The van der Waals surface area contributed by atoms with Gasteiger partial charge in [-0.1, -0.05) is 12.1 Å². The van der Waals surface area contributed by atoms with E-state index in [2.05, 4.69) is 0 Å². The Balaban J connectivity index is 2.30. The summed E-state index contributed by atoms with van der Waals surface area (Å²) in [4.78, 5) is 0. The molecule has 1 heterocycles. The lowest BCUT2D eigenvalue weighted by atomic mass is 10.0. The molecular weight excluding hydrogens is 260 g/mol. The van der Waals surface area contributed by atoms with Crippen LogP contribution in [0.1, 0.15) is 40.5 Å². The maximum Gasteiger partial charge on any atom is 0.119 e. The van der Waals surface area contributed by atoms with E-state index < -0.39 is 0 Å². The molecule has 3 heteroatoms. The summed E-state index contributed by atoms with van der Waals surface area (Å²) in [7, 11) is 0. The highest BCUT2D eigenvalue weighted by Gasteiger charge is 2.20. The second-order valence-corrected chi connectivity index (χ2v) is 5.05. The molecule has 19 heavy (non-hydrogen) atoms. The molecule has 2 aromatic rings. The van der Waals surface area contributed by atoms with E-state index in [4.69, 9.17) is 20.8 Å². The molecule has 1 unspecified atom stereocenters. The van der Waals surface area contributed by atoms with Crippen molar-refractivity contribution in [2.75, 3.05) is 6.61 Å². The number of alkyl halides is 1. The van der Waals surface area contributed by atoms with Crippen molar-refractivity contribution >= 4 is 11.6 Å². The fraction of sp³-hybridized carbons (Fsp3) is 0.375. The Labute approximate surface area is 119 Å². The normalized spacial score (nSPS) is 12.5. The number of hydrogen-bond donors (Lipinski definition) is 0. The third kappa shape index (κ3) is 2.79. The zero-order chi connectivity index (χ0) is 14.0. The number of furan rings is 1. The monoisotopic (exact) mass is 278 g/mol. The summed E-state index contributed by atoms with van der Waals surface area (Å²) in [5.74, 6) is 2.69. The van der Waals surface area contributed by atoms with Crippen LogP contribution in [0, 0.1) is 20.8 Å². The quantitative estimate of drug-likeness (QED) is 0.740. The van der Waals surface area contributed by atoms with Gasteiger partial charge in [0, 0.05) is 5.56 Å². The van der Waals surface area contributed by atoms with E-state index in [0.717, 1.165) is 34.0 Å². The molecule has 0 aliphatic rings. The molecule has 2 nitrogen and oxygen atoms in total. The highest BCUT2D eigenvalue weighted by Crippen LogP contribution is 2.36. The van der Waals surface area contributed by atoms with Gasteiger partial charge in [-0.3, -0.25) is 0 Å². The molecule has 0 saturated carbocycles. The number of hydrogen-bond acceptors (Lipinski definition) is 2. The van der Waals surface area contributed by atoms with Crippen LogP contribution in [0.25, 0.3) is 0 Å². The van der Waals surface area contributed by atoms with E-state index in [9.17, 15) is 0 Å². The smallest absolute Gasteiger partial charge is 0.119 e. The molecule has 102 valence electrons. The summed E-state index contributed by atoms with van der Waals surface area (Å²) in [6, 6.07) is 7.91. The molecular formula is C16H19ClO2. The molecule has 0 aliphatic carbocycles. The summed E-state index contributed by atoms with van der Waals surface area (Å²) in [5, 5.41) is -0.187. The predicted octanol–water partition coefficient (Wildman–Crippen LogP) is 4.93. The molecule has 0 saturated heterocycles. The van der Waals surface area contributed by atoms with Gasteiger partial charge in [-0.25, -0.2) is 0 Å². The maximum absolute atomic E-state index is 6.58. The summed E-state index contributed by atoms with van der Waals surface area (Å²) >= 11 is 6.58. The Kier molecular flexibility index (Phi) is 4.20. The van der Waals surface area contributed by atoms with Gasteiger partial charge in [0.25, 0.3) is 0 Å². The van der Waals surface area contributed by atoms with Crippen molar-refractivity contribution in [3.63, 3.8) is 0 Å². The fourth-order valence-electron chi connectivity index (χ4n) is 2.25. The van der Waals surface area contributed by atoms with E-state index in [-0.39, 0.29) is 5.38 Å². The maximum atomic E-state index is 6.58. The Morgan fingerprint density at radius 2 is 1.74 bits per heavy atom. The van der Waals surface area contributed by atoms with Gasteiger partial charge in [-0.15, -0.1) is 11.6 Å². The van der Waals surface area contributed by atoms with Gasteiger partial charge in [0.2, 0.25) is 0 Å². The van der Waals surface area contributed by atoms with Crippen LogP contribution in [0.3, 0.4) is 0 Å². The van der Waals surface area contributed by atoms with Gasteiger partial charge in [0.05, 0.1) is 12.0 Å². The third-order valence-corrected chi connectivity index (χ3v) is 3.82. The van der Waals surface area contributed by atoms with Gasteiger partial charge in [-0.05, 0) is 51.0 Å². The molecule has 0 spiro atoms. The van der Waals surface area contributed by atoms with Crippen molar-refractivity contribution in [3.8, 4) is 5.75 Å².